The summed E-state index contributed by atoms with van der Waals surface area (Å²) in [5, 5.41) is 0. The van der Waals surface area contributed by atoms with Gasteiger partial charge in [0.15, 0.2) is 5.69 Å². The Morgan fingerprint density at radius 2 is 2.00 bits per heavy atom. The molecule has 0 amide bonds. The number of hydrogen-bond acceptors (Lipinski definition) is 4. The summed E-state index contributed by atoms with van der Waals surface area (Å²) in [6.45, 7) is 2.13. The Hall–Kier alpha value is -2.30. The topological polar surface area (TPSA) is 53.4 Å². The molecule has 0 aliphatic rings. The zero-order valence-corrected chi connectivity index (χ0v) is 11.9. The molecule has 0 fully saturated rings. The Labute approximate surface area is 118 Å². The van der Waals surface area contributed by atoms with Crippen molar-refractivity contribution in [3.63, 3.8) is 0 Å². The summed E-state index contributed by atoms with van der Waals surface area (Å²) in [6, 6.07) is 7.78. The predicted molar refractivity (Wildman–Crippen MR) is 75.0 cm³/mol. The van der Waals surface area contributed by atoms with Gasteiger partial charge in [-0.2, -0.15) is 0 Å². The number of ether oxygens (including phenoxy) is 2. The van der Waals surface area contributed by atoms with Gasteiger partial charge in [0.2, 0.25) is 0 Å². The number of aromatic nitrogens is 2. The third-order valence-corrected chi connectivity index (χ3v) is 2.98. The molecule has 0 saturated carbocycles. The van der Waals surface area contributed by atoms with E-state index in [9.17, 15) is 4.79 Å². The largest absolute Gasteiger partial charge is 0.497 e. The lowest BCUT2D eigenvalue weighted by Gasteiger charge is -2.03. The van der Waals surface area contributed by atoms with Crippen molar-refractivity contribution < 1.29 is 14.3 Å². The molecule has 5 nitrogen and oxygen atoms in total. The average Bonchev–Trinajstić information content (AvgIpc) is 2.81. The second-order valence-electron chi connectivity index (χ2n) is 4.40. The molecule has 1 aromatic carbocycles. The highest BCUT2D eigenvalue weighted by Crippen LogP contribution is 2.14. The van der Waals surface area contributed by atoms with Crippen LogP contribution >= 0.6 is 0 Å². The molecule has 0 saturated heterocycles. The van der Waals surface area contributed by atoms with E-state index in [4.69, 9.17) is 9.47 Å². The lowest BCUT2D eigenvalue weighted by molar-refractivity contribution is 0.0520. The molecule has 0 aliphatic heterocycles. The molecule has 20 heavy (non-hydrogen) atoms. The van der Waals surface area contributed by atoms with Crippen LogP contribution in [0.25, 0.3) is 0 Å². The number of imidazole rings is 1. The van der Waals surface area contributed by atoms with Crippen molar-refractivity contribution in [3.05, 3.63) is 47.5 Å². The van der Waals surface area contributed by atoms with Gasteiger partial charge in [0.1, 0.15) is 11.6 Å². The molecule has 1 aromatic heterocycles. The number of carbonyl (C=O) groups is 1. The number of esters is 1. The van der Waals surface area contributed by atoms with E-state index in [1.807, 2.05) is 35.9 Å². The molecule has 0 unspecified atom stereocenters. The van der Waals surface area contributed by atoms with E-state index in [1.165, 1.54) is 0 Å². The number of carbonyl (C=O) groups excluding carboxylic acids is 1. The fourth-order valence-corrected chi connectivity index (χ4v) is 1.90. The van der Waals surface area contributed by atoms with Crippen molar-refractivity contribution in [2.24, 2.45) is 7.05 Å². The molecule has 106 valence electrons. The summed E-state index contributed by atoms with van der Waals surface area (Å²) < 4.78 is 11.9. The van der Waals surface area contributed by atoms with Crippen LogP contribution in [-0.2, 0) is 18.2 Å². The average molecular weight is 274 g/mol. The zero-order valence-electron chi connectivity index (χ0n) is 11.9. The van der Waals surface area contributed by atoms with Crippen molar-refractivity contribution in [1.29, 1.82) is 0 Å². The van der Waals surface area contributed by atoms with Crippen molar-refractivity contribution in [3.8, 4) is 5.75 Å². The van der Waals surface area contributed by atoms with E-state index in [0.717, 1.165) is 17.1 Å². The van der Waals surface area contributed by atoms with E-state index in [-0.39, 0.29) is 5.97 Å². The summed E-state index contributed by atoms with van der Waals surface area (Å²) in [5.74, 6) is 1.25. The third-order valence-electron chi connectivity index (χ3n) is 2.98. The number of aryl methyl sites for hydroxylation is 1. The maximum absolute atomic E-state index is 11.6. The second kappa shape index (κ2) is 6.23. The first-order chi connectivity index (χ1) is 9.63. The minimum atomic E-state index is -0.385. The Balaban J connectivity index is 2.14. The fraction of sp³-hybridized carbons (Fsp3) is 0.333. The summed E-state index contributed by atoms with van der Waals surface area (Å²) in [6.07, 6.45) is 2.34. The maximum Gasteiger partial charge on any atom is 0.358 e. The van der Waals surface area contributed by atoms with Gasteiger partial charge in [-0.1, -0.05) is 12.1 Å². The third kappa shape index (κ3) is 3.17. The SMILES string of the molecule is CCOC(=O)c1cn(C)c(Cc2ccc(OC)cc2)n1. The van der Waals surface area contributed by atoms with E-state index < -0.39 is 0 Å². The van der Waals surface area contributed by atoms with Crippen LogP contribution in [0.1, 0.15) is 28.8 Å². The van der Waals surface area contributed by atoms with Gasteiger partial charge >= 0.3 is 5.97 Å². The molecule has 1 heterocycles. The van der Waals surface area contributed by atoms with Crippen LogP contribution in [0.4, 0.5) is 0 Å². The van der Waals surface area contributed by atoms with E-state index in [2.05, 4.69) is 4.98 Å². The lowest BCUT2D eigenvalue weighted by atomic mass is 10.1. The van der Waals surface area contributed by atoms with Crippen LogP contribution in [-0.4, -0.2) is 29.2 Å². The van der Waals surface area contributed by atoms with Crippen molar-refractivity contribution in [2.75, 3.05) is 13.7 Å². The Morgan fingerprint density at radius 3 is 2.60 bits per heavy atom. The normalized spacial score (nSPS) is 10.3. The molecule has 5 heteroatoms. The van der Waals surface area contributed by atoms with Crippen molar-refractivity contribution in [2.45, 2.75) is 13.3 Å². The van der Waals surface area contributed by atoms with Gasteiger partial charge in [0, 0.05) is 19.7 Å². The smallest absolute Gasteiger partial charge is 0.358 e. The van der Waals surface area contributed by atoms with Crippen LogP contribution < -0.4 is 4.74 Å². The van der Waals surface area contributed by atoms with E-state index in [1.54, 1.807) is 20.2 Å². The van der Waals surface area contributed by atoms with E-state index in [0.29, 0.717) is 18.7 Å². The van der Waals surface area contributed by atoms with Crippen molar-refractivity contribution >= 4 is 5.97 Å². The minimum absolute atomic E-state index is 0.345. The molecule has 0 N–H and O–H groups in total. The monoisotopic (exact) mass is 274 g/mol. The highest BCUT2D eigenvalue weighted by molar-refractivity contribution is 5.87. The fourth-order valence-electron chi connectivity index (χ4n) is 1.90. The molecule has 0 radical (unpaired) electrons. The van der Waals surface area contributed by atoms with Crippen LogP contribution in [0, 0.1) is 0 Å². The quantitative estimate of drug-likeness (QED) is 0.784. The molecule has 0 atom stereocenters. The van der Waals surface area contributed by atoms with Crippen LogP contribution in [0.15, 0.2) is 30.5 Å². The number of hydrogen-bond donors (Lipinski definition) is 0. The zero-order chi connectivity index (χ0) is 14.5. The van der Waals surface area contributed by atoms with Crippen LogP contribution in [0.2, 0.25) is 0 Å². The number of nitrogens with zero attached hydrogens (tertiary/aromatic N) is 2. The first-order valence-electron chi connectivity index (χ1n) is 6.46. The van der Waals surface area contributed by atoms with E-state index >= 15 is 0 Å². The van der Waals surface area contributed by atoms with Gasteiger partial charge in [0.25, 0.3) is 0 Å². The molecule has 2 aromatic rings. The Kier molecular flexibility index (Phi) is 4.40. The lowest BCUT2D eigenvalue weighted by Crippen LogP contribution is -2.05. The highest BCUT2D eigenvalue weighted by atomic mass is 16.5. The van der Waals surface area contributed by atoms with Gasteiger partial charge in [-0.15, -0.1) is 0 Å². The van der Waals surface area contributed by atoms with Gasteiger partial charge in [0.05, 0.1) is 13.7 Å². The van der Waals surface area contributed by atoms with Gasteiger partial charge in [-0.05, 0) is 24.6 Å². The predicted octanol–water partition coefficient (Wildman–Crippen LogP) is 2.20. The first kappa shape index (κ1) is 14.1. The second-order valence-corrected chi connectivity index (χ2v) is 4.40. The number of methoxy groups -OCH3 is 1. The minimum Gasteiger partial charge on any atom is -0.497 e. The maximum atomic E-state index is 11.6. The van der Waals surface area contributed by atoms with Gasteiger partial charge < -0.3 is 14.0 Å². The molecule has 0 aliphatic carbocycles. The summed E-state index contributed by atoms with van der Waals surface area (Å²) in [4.78, 5) is 16.0. The molecule has 0 spiro atoms. The van der Waals surface area contributed by atoms with Gasteiger partial charge in [-0.25, -0.2) is 9.78 Å². The molecular weight excluding hydrogens is 256 g/mol. The first-order valence-corrected chi connectivity index (χ1v) is 6.46. The van der Waals surface area contributed by atoms with Crippen LogP contribution in [0.5, 0.6) is 5.75 Å². The summed E-state index contributed by atoms with van der Waals surface area (Å²) in [7, 11) is 3.51. The summed E-state index contributed by atoms with van der Waals surface area (Å²) >= 11 is 0. The summed E-state index contributed by atoms with van der Waals surface area (Å²) in [5.41, 5.74) is 1.45. The molecular formula is C15H18N2O3. The Morgan fingerprint density at radius 1 is 1.30 bits per heavy atom. The number of benzene rings is 1. The standard InChI is InChI=1S/C15H18N2O3/c1-4-20-15(18)13-10-17(2)14(16-13)9-11-5-7-12(19-3)8-6-11/h5-8,10H,4,9H2,1-3H3. The molecule has 2 rings (SSSR count). The van der Waals surface area contributed by atoms with Gasteiger partial charge in [-0.3, -0.25) is 0 Å². The highest BCUT2D eigenvalue weighted by Gasteiger charge is 2.13. The molecule has 0 bridgehead atoms. The van der Waals surface area contributed by atoms with Crippen molar-refractivity contribution in [1.82, 2.24) is 9.55 Å². The Bertz CT molecular complexity index is 588. The number of rotatable bonds is 5. The van der Waals surface area contributed by atoms with Crippen LogP contribution in [0.3, 0.4) is 0 Å².